The molecule has 2 rings (SSSR count). The maximum absolute atomic E-state index is 11.7. The van der Waals surface area contributed by atoms with E-state index < -0.39 is 11.5 Å². The highest BCUT2D eigenvalue weighted by molar-refractivity contribution is 5.81. The summed E-state index contributed by atoms with van der Waals surface area (Å²) in [5, 5.41) is 0. The van der Waals surface area contributed by atoms with E-state index in [9.17, 15) is 4.79 Å². The van der Waals surface area contributed by atoms with E-state index >= 15 is 0 Å². The van der Waals surface area contributed by atoms with E-state index in [0.717, 1.165) is 5.56 Å². The highest BCUT2D eigenvalue weighted by Gasteiger charge is 2.31. The van der Waals surface area contributed by atoms with Crippen LogP contribution in [0.15, 0.2) is 54.6 Å². The lowest BCUT2D eigenvalue weighted by molar-refractivity contribution is -0.146. The largest absolute Gasteiger partial charge is 0.468 e. The third-order valence-electron chi connectivity index (χ3n) is 3.46. The van der Waals surface area contributed by atoms with Crippen molar-refractivity contribution in [2.75, 3.05) is 13.9 Å². The van der Waals surface area contributed by atoms with Crippen LogP contribution in [0.3, 0.4) is 0 Å². The second kappa shape index (κ2) is 7.76. The Morgan fingerprint density at radius 2 is 1.87 bits per heavy atom. The summed E-state index contributed by atoms with van der Waals surface area (Å²) >= 11 is 0. The first-order valence-corrected chi connectivity index (χ1v) is 7.26. The Kier molecular flexibility index (Phi) is 5.73. The van der Waals surface area contributed by atoms with Gasteiger partial charge in [-0.1, -0.05) is 42.5 Å². The molecule has 1 unspecified atom stereocenters. The average molecular weight is 315 g/mol. The van der Waals surface area contributed by atoms with Gasteiger partial charge in [0.15, 0.2) is 6.79 Å². The Labute approximate surface area is 136 Å². The Balaban J connectivity index is 1.91. The van der Waals surface area contributed by atoms with Crippen LogP contribution >= 0.6 is 0 Å². The van der Waals surface area contributed by atoms with Gasteiger partial charge in [0.25, 0.3) is 0 Å². The van der Waals surface area contributed by atoms with Crippen LogP contribution in [-0.2, 0) is 26.4 Å². The molecule has 0 radical (unpaired) electrons. The number of esters is 1. The van der Waals surface area contributed by atoms with Crippen LogP contribution in [0.5, 0.6) is 5.75 Å². The lowest BCUT2D eigenvalue weighted by Gasteiger charge is -2.22. The van der Waals surface area contributed by atoms with Gasteiger partial charge in [0.2, 0.25) is 0 Å². The molecule has 2 N–H and O–H groups in total. The molecule has 0 heterocycles. The molecule has 2 aromatic carbocycles. The number of hydrogen-bond donors (Lipinski definition) is 1. The Hall–Kier alpha value is -2.37. The summed E-state index contributed by atoms with van der Waals surface area (Å²) in [7, 11) is 1.31. The lowest BCUT2D eigenvalue weighted by atomic mass is 9.93. The third-order valence-corrected chi connectivity index (χ3v) is 3.46. The van der Waals surface area contributed by atoms with Gasteiger partial charge in [0.05, 0.1) is 13.7 Å². The van der Waals surface area contributed by atoms with E-state index in [4.69, 9.17) is 19.9 Å². The van der Waals surface area contributed by atoms with Crippen molar-refractivity contribution in [1.29, 1.82) is 0 Å². The van der Waals surface area contributed by atoms with Crippen LogP contribution in [0.25, 0.3) is 0 Å². The number of ether oxygens (including phenoxy) is 3. The first kappa shape index (κ1) is 17.0. The van der Waals surface area contributed by atoms with Gasteiger partial charge in [-0.05, 0) is 30.2 Å². The second-order valence-electron chi connectivity index (χ2n) is 5.32. The van der Waals surface area contributed by atoms with Crippen LogP contribution < -0.4 is 10.5 Å². The Bertz CT molecular complexity index is 640. The molecular weight excluding hydrogens is 294 g/mol. The molecule has 0 saturated carbocycles. The molecule has 0 aliphatic rings. The van der Waals surface area contributed by atoms with Crippen molar-refractivity contribution in [3.8, 4) is 5.75 Å². The normalized spacial score (nSPS) is 13.2. The molecule has 0 bridgehead atoms. The fraction of sp³-hybridized carbons (Fsp3) is 0.278. The van der Waals surface area contributed by atoms with E-state index in [1.165, 1.54) is 7.11 Å². The Morgan fingerprint density at radius 3 is 2.57 bits per heavy atom. The van der Waals surface area contributed by atoms with E-state index in [1.807, 2.05) is 30.3 Å². The molecule has 5 nitrogen and oxygen atoms in total. The average Bonchev–Trinajstić information content (AvgIpc) is 2.59. The van der Waals surface area contributed by atoms with Crippen LogP contribution in [0, 0.1) is 0 Å². The highest BCUT2D eigenvalue weighted by atomic mass is 16.7. The zero-order chi connectivity index (χ0) is 16.7. The zero-order valence-electron chi connectivity index (χ0n) is 13.3. The summed E-state index contributed by atoms with van der Waals surface area (Å²) in [4.78, 5) is 11.7. The molecule has 0 spiro atoms. The molecule has 0 saturated heterocycles. The van der Waals surface area contributed by atoms with E-state index in [0.29, 0.717) is 17.9 Å². The molecule has 0 aliphatic heterocycles. The molecule has 5 heteroatoms. The first-order chi connectivity index (χ1) is 11.0. The maximum atomic E-state index is 11.7. The molecule has 0 amide bonds. The number of methoxy groups -OCH3 is 1. The van der Waals surface area contributed by atoms with Crippen molar-refractivity contribution in [3.05, 3.63) is 65.7 Å². The smallest absolute Gasteiger partial charge is 0.330 e. The fourth-order valence-electron chi connectivity index (χ4n) is 2.08. The summed E-state index contributed by atoms with van der Waals surface area (Å²) in [5.41, 5.74) is 6.50. The van der Waals surface area contributed by atoms with Crippen LogP contribution in [0.4, 0.5) is 0 Å². The standard InChI is InChI=1S/C18H21NO4/c1-18(19,17(20)21-2)15-9-6-10-16(11-15)23-13-22-12-14-7-4-3-5-8-14/h3-11H,12-13,19H2,1-2H3. The fourth-order valence-corrected chi connectivity index (χ4v) is 2.08. The predicted octanol–water partition coefficient (Wildman–Crippen LogP) is 2.59. The quantitative estimate of drug-likeness (QED) is 0.483. The van der Waals surface area contributed by atoms with Crippen molar-refractivity contribution in [2.24, 2.45) is 5.73 Å². The molecule has 0 aliphatic carbocycles. The van der Waals surface area contributed by atoms with Gasteiger partial charge >= 0.3 is 5.97 Å². The molecular formula is C18H21NO4. The molecule has 1 atom stereocenters. The van der Waals surface area contributed by atoms with E-state index in [2.05, 4.69) is 0 Å². The molecule has 23 heavy (non-hydrogen) atoms. The van der Waals surface area contributed by atoms with E-state index in [1.54, 1.807) is 31.2 Å². The minimum absolute atomic E-state index is 0.109. The van der Waals surface area contributed by atoms with E-state index in [-0.39, 0.29) is 6.79 Å². The van der Waals surface area contributed by atoms with Gasteiger partial charge in [-0.15, -0.1) is 0 Å². The summed E-state index contributed by atoms with van der Waals surface area (Å²) in [6, 6.07) is 16.9. The number of carbonyl (C=O) groups is 1. The van der Waals surface area contributed by atoms with Gasteiger partial charge in [-0.25, -0.2) is 4.79 Å². The molecule has 122 valence electrons. The number of carbonyl (C=O) groups excluding carboxylic acids is 1. The third kappa shape index (κ3) is 4.55. The number of hydrogen-bond acceptors (Lipinski definition) is 5. The maximum Gasteiger partial charge on any atom is 0.330 e. The van der Waals surface area contributed by atoms with Crippen LogP contribution in [-0.4, -0.2) is 19.9 Å². The van der Waals surface area contributed by atoms with Gasteiger partial charge in [-0.3, -0.25) is 0 Å². The van der Waals surface area contributed by atoms with Crippen LogP contribution in [0.1, 0.15) is 18.1 Å². The van der Waals surface area contributed by atoms with Crippen LogP contribution in [0.2, 0.25) is 0 Å². The Morgan fingerprint density at radius 1 is 1.13 bits per heavy atom. The lowest BCUT2D eigenvalue weighted by Crippen LogP contribution is -2.42. The van der Waals surface area contributed by atoms with Crippen molar-refractivity contribution < 1.29 is 19.0 Å². The molecule has 0 aromatic heterocycles. The summed E-state index contributed by atoms with van der Waals surface area (Å²) in [5.74, 6) is 0.0751. The zero-order valence-corrected chi connectivity index (χ0v) is 13.3. The minimum atomic E-state index is -1.22. The summed E-state index contributed by atoms with van der Waals surface area (Å²) < 4.78 is 15.7. The van der Waals surface area contributed by atoms with Gasteiger partial charge in [0.1, 0.15) is 11.3 Å². The van der Waals surface area contributed by atoms with Crippen molar-refractivity contribution >= 4 is 5.97 Å². The predicted molar refractivity (Wildman–Crippen MR) is 86.7 cm³/mol. The SMILES string of the molecule is COC(=O)C(C)(N)c1cccc(OCOCc2ccccc2)c1. The minimum Gasteiger partial charge on any atom is -0.468 e. The van der Waals surface area contributed by atoms with Gasteiger partial charge in [-0.2, -0.15) is 0 Å². The monoisotopic (exact) mass is 315 g/mol. The van der Waals surface area contributed by atoms with Crippen molar-refractivity contribution in [1.82, 2.24) is 0 Å². The van der Waals surface area contributed by atoms with Crippen molar-refractivity contribution in [2.45, 2.75) is 19.1 Å². The first-order valence-electron chi connectivity index (χ1n) is 7.26. The molecule has 0 fully saturated rings. The highest BCUT2D eigenvalue weighted by Crippen LogP contribution is 2.23. The summed E-state index contributed by atoms with van der Waals surface area (Å²) in [6.45, 7) is 2.18. The van der Waals surface area contributed by atoms with Crippen molar-refractivity contribution in [3.63, 3.8) is 0 Å². The molecule has 2 aromatic rings. The van der Waals surface area contributed by atoms with Gasteiger partial charge in [0, 0.05) is 0 Å². The van der Waals surface area contributed by atoms with Gasteiger partial charge < -0.3 is 19.9 Å². The number of benzene rings is 2. The number of rotatable bonds is 7. The topological polar surface area (TPSA) is 70.8 Å². The number of nitrogens with two attached hydrogens (primary N) is 1. The second-order valence-corrected chi connectivity index (χ2v) is 5.32. The summed E-state index contributed by atoms with van der Waals surface area (Å²) in [6.07, 6.45) is 0.